The van der Waals surface area contributed by atoms with Gasteiger partial charge >= 0.3 is 0 Å². The average molecular weight is 361 g/mol. The van der Waals surface area contributed by atoms with Crippen LogP contribution in [-0.4, -0.2) is 15.7 Å². The maximum Gasteiger partial charge on any atom is 0.283 e. The zero-order valence-electron chi connectivity index (χ0n) is 12.9. The molecule has 2 aromatic heterocycles. The van der Waals surface area contributed by atoms with Crippen molar-refractivity contribution >= 4 is 23.2 Å². The minimum atomic E-state index is -0.628. The van der Waals surface area contributed by atoms with Crippen LogP contribution in [-0.2, 0) is 13.1 Å². The minimum Gasteiger partial charge on any atom is -0.467 e. The Morgan fingerprint density at radius 2 is 1.68 bits per heavy atom. The molecule has 0 spiro atoms. The highest BCUT2D eigenvalue weighted by atomic mass is 35.5. The predicted octanol–water partition coefficient (Wildman–Crippen LogP) is 4.28. The number of hydrogen-bond acceptors (Lipinski definition) is 5. The first-order valence-corrected chi connectivity index (χ1v) is 7.70. The van der Waals surface area contributed by atoms with Gasteiger partial charge in [-0.1, -0.05) is 11.6 Å². The minimum absolute atomic E-state index is 0.0486. The monoisotopic (exact) mass is 360 g/mol. The molecule has 25 heavy (non-hydrogen) atoms. The molecule has 0 atom stereocenters. The molecule has 128 valence electrons. The molecule has 0 saturated heterocycles. The van der Waals surface area contributed by atoms with Gasteiger partial charge in [0.1, 0.15) is 17.1 Å². The number of nitro benzene ring substituents is 1. The van der Waals surface area contributed by atoms with Gasteiger partial charge in [0.05, 0.1) is 30.5 Å². The third kappa shape index (κ3) is 3.89. The van der Waals surface area contributed by atoms with E-state index < -0.39 is 10.8 Å². The van der Waals surface area contributed by atoms with Crippen LogP contribution in [0.25, 0.3) is 0 Å². The normalized spacial score (nSPS) is 10.6. The second kappa shape index (κ2) is 7.23. The summed E-state index contributed by atoms with van der Waals surface area (Å²) in [6.07, 6.45) is 2.99. The summed E-state index contributed by atoms with van der Waals surface area (Å²) in [5, 5.41) is 11.5. The highest BCUT2D eigenvalue weighted by molar-refractivity contribution is 6.31. The molecule has 3 rings (SSSR count). The molecule has 0 bridgehead atoms. The van der Waals surface area contributed by atoms with Crippen LogP contribution in [0.2, 0.25) is 5.02 Å². The molecule has 0 N–H and O–H groups in total. The number of amides is 1. The van der Waals surface area contributed by atoms with E-state index in [1.54, 1.807) is 24.3 Å². The van der Waals surface area contributed by atoms with Crippen molar-refractivity contribution in [2.45, 2.75) is 13.1 Å². The van der Waals surface area contributed by atoms with Gasteiger partial charge in [0, 0.05) is 11.1 Å². The molecule has 8 heteroatoms. The van der Waals surface area contributed by atoms with Crippen LogP contribution in [0.4, 0.5) is 5.69 Å². The van der Waals surface area contributed by atoms with Gasteiger partial charge in [0.25, 0.3) is 11.6 Å². The number of furan rings is 2. The van der Waals surface area contributed by atoms with Crippen molar-refractivity contribution < 1.29 is 18.6 Å². The predicted molar refractivity (Wildman–Crippen MR) is 89.1 cm³/mol. The Hall–Kier alpha value is -3.06. The summed E-state index contributed by atoms with van der Waals surface area (Å²) in [7, 11) is 0. The van der Waals surface area contributed by atoms with Gasteiger partial charge in [-0.3, -0.25) is 14.9 Å². The van der Waals surface area contributed by atoms with Gasteiger partial charge in [-0.2, -0.15) is 0 Å². The summed E-state index contributed by atoms with van der Waals surface area (Å²) in [5.74, 6) is 0.587. The average Bonchev–Trinajstić information content (AvgIpc) is 3.27. The second-order valence-corrected chi connectivity index (χ2v) is 5.67. The lowest BCUT2D eigenvalue weighted by Crippen LogP contribution is -2.30. The Bertz CT molecular complexity index is 838. The Balaban J connectivity index is 1.94. The third-order valence-corrected chi connectivity index (χ3v) is 3.76. The molecule has 0 radical (unpaired) electrons. The number of rotatable bonds is 6. The van der Waals surface area contributed by atoms with Crippen molar-refractivity contribution in [3.8, 4) is 0 Å². The van der Waals surface area contributed by atoms with Crippen LogP contribution < -0.4 is 0 Å². The van der Waals surface area contributed by atoms with E-state index in [0.717, 1.165) is 6.07 Å². The highest BCUT2D eigenvalue weighted by Crippen LogP contribution is 2.26. The van der Waals surface area contributed by atoms with E-state index in [0.29, 0.717) is 11.5 Å². The van der Waals surface area contributed by atoms with Crippen LogP contribution >= 0.6 is 11.6 Å². The Labute approximate surface area is 147 Å². The zero-order valence-corrected chi connectivity index (χ0v) is 13.7. The van der Waals surface area contributed by atoms with Crippen LogP contribution in [0, 0.1) is 10.1 Å². The SMILES string of the molecule is O=C(c1ccc(Cl)cc1[N+](=O)[O-])N(Cc1ccco1)Cc1ccco1. The molecule has 3 aromatic rings. The largest absolute Gasteiger partial charge is 0.467 e. The summed E-state index contributed by atoms with van der Waals surface area (Å²) in [4.78, 5) is 25.0. The first-order chi connectivity index (χ1) is 12.0. The number of nitrogens with zero attached hydrogens (tertiary/aromatic N) is 2. The van der Waals surface area contributed by atoms with E-state index in [1.165, 1.54) is 29.6 Å². The van der Waals surface area contributed by atoms with Crippen molar-refractivity contribution in [1.82, 2.24) is 4.90 Å². The quantitative estimate of drug-likeness (QED) is 0.483. The molecule has 0 unspecified atom stereocenters. The first-order valence-electron chi connectivity index (χ1n) is 7.32. The van der Waals surface area contributed by atoms with Crippen molar-refractivity contribution in [3.05, 3.63) is 87.2 Å². The number of hydrogen-bond donors (Lipinski definition) is 0. The molecule has 0 aliphatic rings. The fourth-order valence-electron chi connectivity index (χ4n) is 2.39. The zero-order chi connectivity index (χ0) is 17.8. The van der Waals surface area contributed by atoms with Gasteiger partial charge in [-0.05, 0) is 36.4 Å². The molecule has 0 saturated carbocycles. The number of benzene rings is 1. The summed E-state index contributed by atoms with van der Waals surface area (Å²) < 4.78 is 10.6. The van der Waals surface area contributed by atoms with Crippen LogP contribution in [0.5, 0.6) is 0 Å². The Morgan fingerprint density at radius 3 is 2.16 bits per heavy atom. The molecule has 2 heterocycles. The number of halogens is 1. The summed E-state index contributed by atoms with van der Waals surface area (Å²) >= 11 is 5.82. The first kappa shape index (κ1) is 16.8. The molecular formula is C17H13ClN2O5. The Morgan fingerprint density at radius 1 is 1.08 bits per heavy atom. The topological polar surface area (TPSA) is 89.7 Å². The van der Waals surface area contributed by atoms with Crippen LogP contribution in [0.1, 0.15) is 21.9 Å². The highest BCUT2D eigenvalue weighted by Gasteiger charge is 2.26. The molecule has 0 aliphatic carbocycles. The van der Waals surface area contributed by atoms with Crippen molar-refractivity contribution in [2.75, 3.05) is 0 Å². The molecule has 1 amide bonds. The molecule has 1 aromatic carbocycles. The number of carbonyl (C=O) groups is 1. The van der Waals surface area contributed by atoms with Crippen LogP contribution in [0.15, 0.2) is 63.8 Å². The molecule has 7 nitrogen and oxygen atoms in total. The van der Waals surface area contributed by atoms with E-state index in [9.17, 15) is 14.9 Å². The fraction of sp³-hybridized carbons (Fsp3) is 0.118. The van der Waals surface area contributed by atoms with Gasteiger partial charge in [0.15, 0.2) is 0 Å². The number of nitro groups is 1. The van der Waals surface area contributed by atoms with Gasteiger partial charge in [-0.15, -0.1) is 0 Å². The maximum absolute atomic E-state index is 12.9. The van der Waals surface area contributed by atoms with E-state index in [2.05, 4.69) is 0 Å². The van der Waals surface area contributed by atoms with Crippen molar-refractivity contribution in [2.24, 2.45) is 0 Å². The standard InChI is InChI=1S/C17H13ClN2O5/c18-12-5-6-15(16(9-12)20(22)23)17(21)19(10-13-3-1-7-24-13)11-14-4-2-8-25-14/h1-9H,10-11H2. The van der Waals surface area contributed by atoms with Gasteiger partial charge in [0.2, 0.25) is 0 Å². The lowest BCUT2D eigenvalue weighted by molar-refractivity contribution is -0.385. The maximum atomic E-state index is 12.9. The summed E-state index contributed by atoms with van der Waals surface area (Å²) in [6, 6.07) is 10.8. The van der Waals surface area contributed by atoms with Gasteiger partial charge < -0.3 is 13.7 Å². The Kier molecular flexibility index (Phi) is 4.85. The summed E-state index contributed by atoms with van der Waals surface area (Å²) in [5.41, 5.74) is -0.395. The smallest absolute Gasteiger partial charge is 0.283 e. The van der Waals surface area contributed by atoms with Gasteiger partial charge in [-0.25, -0.2) is 0 Å². The van der Waals surface area contributed by atoms with E-state index in [1.807, 2.05) is 0 Å². The lowest BCUT2D eigenvalue weighted by atomic mass is 10.1. The van der Waals surface area contributed by atoms with Crippen LogP contribution in [0.3, 0.4) is 0 Å². The van der Waals surface area contributed by atoms with E-state index in [-0.39, 0.29) is 29.4 Å². The fourth-order valence-corrected chi connectivity index (χ4v) is 2.55. The second-order valence-electron chi connectivity index (χ2n) is 5.24. The van der Waals surface area contributed by atoms with E-state index in [4.69, 9.17) is 20.4 Å². The third-order valence-electron chi connectivity index (χ3n) is 3.53. The van der Waals surface area contributed by atoms with E-state index >= 15 is 0 Å². The number of carbonyl (C=O) groups excluding carboxylic acids is 1. The molecular weight excluding hydrogens is 348 g/mol. The molecule has 0 aliphatic heterocycles. The lowest BCUT2D eigenvalue weighted by Gasteiger charge is -2.20. The molecule has 0 fully saturated rings. The summed E-state index contributed by atoms with van der Waals surface area (Å²) in [6.45, 7) is 0.290. The van der Waals surface area contributed by atoms with Crippen molar-refractivity contribution in [3.63, 3.8) is 0 Å². The van der Waals surface area contributed by atoms with Crippen molar-refractivity contribution in [1.29, 1.82) is 0 Å².